The van der Waals surface area contributed by atoms with Gasteiger partial charge in [0.2, 0.25) is 11.8 Å². The van der Waals surface area contributed by atoms with Crippen molar-refractivity contribution in [2.24, 2.45) is 0 Å². The molecule has 21 heavy (non-hydrogen) atoms. The summed E-state index contributed by atoms with van der Waals surface area (Å²) in [6, 6.07) is -0.257. The zero-order chi connectivity index (χ0) is 14.9. The lowest BCUT2D eigenvalue weighted by molar-refractivity contribution is -0.142. The maximum atomic E-state index is 12.8. The molecule has 3 fully saturated rings. The Bertz CT molecular complexity index is 421. The standard InChI is InChI=1S/C14H22N2O3S2/c1-11(17)16-10-20-8-12(16)13(18)15-4-7-21-14(9-15)2-5-19-6-3-14/h12H,2-10H2,1H3. The number of carbonyl (C=O) groups is 2. The van der Waals surface area contributed by atoms with Crippen molar-refractivity contribution in [3.05, 3.63) is 0 Å². The molecule has 0 saturated carbocycles. The van der Waals surface area contributed by atoms with Gasteiger partial charge in [0.1, 0.15) is 6.04 Å². The van der Waals surface area contributed by atoms with Gasteiger partial charge in [0, 0.05) is 49.5 Å². The molecule has 0 radical (unpaired) electrons. The van der Waals surface area contributed by atoms with E-state index in [1.165, 1.54) is 0 Å². The summed E-state index contributed by atoms with van der Waals surface area (Å²) in [5.41, 5.74) is 0. The second kappa shape index (κ2) is 6.38. The van der Waals surface area contributed by atoms with Crippen LogP contribution in [0.2, 0.25) is 0 Å². The van der Waals surface area contributed by atoms with Crippen molar-refractivity contribution >= 4 is 35.3 Å². The molecule has 1 unspecified atom stereocenters. The average molecular weight is 330 g/mol. The van der Waals surface area contributed by atoms with Crippen LogP contribution >= 0.6 is 23.5 Å². The van der Waals surface area contributed by atoms with Crippen LogP contribution in [0.4, 0.5) is 0 Å². The molecule has 3 rings (SSSR count). The van der Waals surface area contributed by atoms with E-state index in [1.807, 2.05) is 16.7 Å². The van der Waals surface area contributed by atoms with Gasteiger partial charge in [0.25, 0.3) is 0 Å². The number of amides is 2. The summed E-state index contributed by atoms with van der Waals surface area (Å²) >= 11 is 3.67. The topological polar surface area (TPSA) is 49.9 Å². The second-order valence-corrected chi connectivity index (χ2v) is 8.47. The molecule has 2 amide bonds. The average Bonchev–Trinajstić information content (AvgIpc) is 2.97. The molecule has 1 spiro atoms. The van der Waals surface area contributed by atoms with Crippen LogP contribution in [0, 0.1) is 0 Å². The van der Waals surface area contributed by atoms with Gasteiger partial charge in [-0.2, -0.15) is 11.8 Å². The van der Waals surface area contributed by atoms with E-state index >= 15 is 0 Å². The smallest absolute Gasteiger partial charge is 0.246 e. The molecule has 0 N–H and O–H groups in total. The summed E-state index contributed by atoms with van der Waals surface area (Å²) in [6.45, 7) is 4.77. The fraction of sp³-hybridized carbons (Fsp3) is 0.857. The largest absolute Gasteiger partial charge is 0.381 e. The minimum absolute atomic E-state index is 0.00511. The highest BCUT2D eigenvalue weighted by Crippen LogP contribution is 2.39. The Morgan fingerprint density at radius 2 is 2.05 bits per heavy atom. The molecular formula is C14H22N2O3S2. The molecule has 1 atom stereocenters. The van der Waals surface area contributed by atoms with Crippen LogP contribution in [0.5, 0.6) is 0 Å². The van der Waals surface area contributed by atoms with Crippen LogP contribution in [-0.2, 0) is 14.3 Å². The molecule has 0 aromatic rings. The lowest BCUT2D eigenvalue weighted by Crippen LogP contribution is -2.56. The molecule has 3 heterocycles. The zero-order valence-corrected chi connectivity index (χ0v) is 14.0. The summed E-state index contributed by atoms with van der Waals surface area (Å²) in [7, 11) is 0. The van der Waals surface area contributed by atoms with Gasteiger partial charge < -0.3 is 14.5 Å². The van der Waals surface area contributed by atoms with E-state index in [1.54, 1.807) is 23.6 Å². The molecule has 7 heteroatoms. The first kappa shape index (κ1) is 15.5. The van der Waals surface area contributed by atoms with E-state index in [0.717, 1.165) is 50.7 Å². The van der Waals surface area contributed by atoms with Crippen LogP contribution in [0.25, 0.3) is 0 Å². The highest BCUT2D eigenvalue weighted by atomic mass is 32.2. The van der Waals surface area contributed by atoms with Crippen LogP contribution in [-0.4, -0.2) is 76.1 Å². The molecule has 0 aromatic heterocycles. The van der Waals surface area contributed by atoms with Crippen molar-refractivity contribution in [3.8, 4) is 0 Å². The molecule has 5 nitrogen and oxygen atoms in total. The van der Waals surface area contributed by atoms with Gasteiger partial charge in [-0.15, -0.1) is 11.8 Å². The van der Waals surface area contributed by atoms with Crippen LogP contribution in [0.1, 0.15) is 19.8 Å². The molecule has 3 aliphatic rings. The van der Waals surface area contributed by atoms with E-state index in [9.17, 15) is 9.59 Å². The first-order chi connectivity index (χ1) is 10.1. The zero-order valence-electron chi connectivity index (χ0n) is 12.4. The Balaban J connectivity index is 1.68. The van der Waals surface area contributed by atoms with Gasteiger partial charge in [-0.3, -0.25) is 9.59 Å². The van der Waals surface area contributed by atoms with Crippen LogP contribution < -0.4 is 0 Å². The van der Waals surface area contributed by atoms with Crippen molar-refractivity contribution in [3.63, 3.8) is 0 Å². The highest BCUT2D eigenvalue weighted by molar-refractivity contribution is 8.00. The minimum Gasteiger partial charge on any atom is -0.381 e. The molecule has 0 aliphatic carbocycles. The normalized spacial score (nSPS) is 28.9. The van der Waals surface area contributed by atoms with Crippen molar-refractivity contribution in [1.82, 2.24) is 9.80 Å². The van der Waals surface area contributed by atoms with E-state index in [0.29, 0.717) is 5.88 Å². The number of thioether (sulfide) groups is 2. The van der Waals surface area contributed by atoms with Crippen molar-refractivity contribution in [1.29, 1.82) is 0 Å². The monoisotopic (exact) mass is 330 g/mol. The van der Waals surface area contributed by atoms with Gasteiger partial charge in [0.15, 0.2) is 0 Å². The predicted octanol–water partition coefficient (Wildman–Crippen LogP) is 1.03. The second-order valence-electron chi connectivity index (χ2n) is 5.91. The van der Waals surface area contributed by atoms with E-state index < -0.39 is 0 Å². The Morgan fingerprint density at radius 1 is 1.29 bits per heavy atom. The van der Waals surface area contributed by atoms with Crippen molar-refractivity contribution < 1.29 is 14.3 Å². The lowest BCUT2D eigenvalue weighted by atomic mass is 9.97. The quantitative estimate of drug-likeness (QED) is 0.719. The number of hydrogen-bond donors (Lipinski definition) is 0. The molecule has 118 valence electrons. The first-order valence-electron chi connectivity index (χ1n) is 7.47. The summed E-state index contributed by atoms with van der Waals surface area (Å²) in [6.07, 6.45) is 2.05. The third kappa shape index (κ3) is 3.19. The molecule has 3 aliphatic heterocycles. The van der Waals surface area contributed by atoms with Gasteiger partial charge in [-0.05, 0) is 12.8 Å². The fourth-order valence-electron chi connectivity index (χ4n) is 3.25. The third-order valence-electron chi connectivity index (χ3n) is 4.54. The van der Waals surface area contributed by atoms with E-state index in [2.05, 4.69) is 0 Å². The van der Waals surface area contributed by atoms with E-state index in [4.69, 9.17) is 4.74 Å². The SMILES string of the molecule is CC(=O)N1CSCC1C(=O)N1CCSC2(CCOCC2)C1. The Kier molecular flexibility index (Phi) is 4.71. The number of hydrogen-bond acceptors (Lipinski definition) is 5. The molecule has 3 saturated heterocycles. The Morgan fingerprint density at radius 3 is 2.76 bits per heavy atom. The van der Waals surface area contributed by atoms with Gasteiger partial charge in [-0.25, -0.2) is 0 Å². The highest BCUT2D eigenvalue weighted by Gasteiger charge is 2.42. The Labute approximate surface area is 134 Å². The Hall–Kier alpha value is -0.400. The maximum Gasteiger partial charge on any atom is 0.246 e. The lowest BCUT2D eigenvalue weighted by Gasteiger charge is -2.45. The first-order valence-corrected chi connectivity index (χ1v) is 9.61. The molecular weight excluding hydrogens is 308 g/mol. The van der Waals surface area contributed by atoms with Gasteiger partial charge >= 0.3 is 0 Å². The predicted molar refractivity (Wildman–Crippen MR) is 85.5 cm³/mol. The summed E-state index contributed by atoms with van der Waals surface area (Å²) in [5.74, 6) is 2.52. The fourth-order valence-corrected chi connectivity index (χ4v) is 5.90. The van der Waals surface area contributed by atoms with E-state index in [-0.39, 0.29) is 22.6 Å². The number of carbonyl (C=O) groups excluding carboxylic acids is 2. The van der Waals surface area contributed by atoms with Crippen LogP contribution in [0.3, 0.4) is 0 Å². The third-order valence-corrected chi connectivity index (χ3v) is 7.08. The van der Waals surface area contributed by atoms with Crippen molar-refractivity contribution in [2.75, 3.05) is 43.7 Å². The summed E-state index contributed by atoms with van der Waals surface area (Å²) in [5, 5.41) is 0. The maximum absolute atomic E-state index is 12.8. The molecule has 0 bridgehead atoms. The molecule has 0 aromatic carbocycles. The number of ether oxygens (including phenoxy) is 1. The summed E-state index contributed by atoms with van der Waals surface area (Å²) in [4.78, 5) is 28.2. The number of rotatable bonds is 1. The summed E-state index contributed by atoms with van der Waals surface area (Å²) < 4.78 is 5.65. The van der Waals surface area contributed by atoms with Crippen LogP contribution in [0.15, 0.2) is 0 Å². The number of nitrogens with zero attached hydrogens (tertiary/aromatic N) is 2. The minimum atomic E-state index is -0.257. The van der Waals surface area contributed by atoms with Crippen molar-refractivity contribution in [2.45, 2.75) is 30.6 Å². The van der Waals surface area contributed by atoms with Gasteiger partial charge in [0.05, 0.1) is 5.88 Å². The van der Waals surface area contributed by atoms with Gasteiger partial charge in [-0.1, -0.05) is 0 Å².